The minimum atomic E-state index is 0.437. The molecule has 8 fully saturated rings. The third-order valence-corrected chi connectivity index (χ3v) is 15.3. The molecule has 2 heteroatoms. The molecule has 0 amide bonds. The summed E-state index contributed by atoms with van der Waals surface area (Å²) in [5.41, 5.74) is 7.95. The fraction of sp³-hybridized carbons (Fsp3) is 0.455. The van der Waals surface area contributed by atoms with E-state index in [1.165, 1.54) is 114 Å². The van der Waals surface area contributed by atoms with E-state index in [2.05, 4.69) is 95.9 Å². The Bertz CT molecular complexity index is 1800. The molecule has 8 saturated carbocycles. The molecular formula is C44H45NS. The van der Waals surface area contributed by atoms with Crippen LogP contribution in [0.25, 0.3) is 20.2 Å². The van der Waals surface area contributed by atoms with E-state index in [0.29, 0.717) is 10.8 Å². The van der Waals surface area contributed by atoms with Crippen molar-refractivity contribution in [3.8, 4) is 0 Å². The van der Waals surface area contributed by atoms with E-state index in [1.54, 1.807) is 11.1 Å². The molecule has 5 aromatic rings. The largest absolute Gasteiger partial charge is 0.310 e. The van der Waals surface area contributed by atoms with Crippen LogP contribution in [-0.2, 0) is 10.8 Å². The summed E-state index contributed by atoms with van der Waals surface area (Å²) in [6.45, 7) is 0. The highest BCUT2D eigenvalue weighted by molar-refractivity contribution is 7.25. The van der Waals surface area contributed by atoms with Gasteiger partial charge in [-0.3, -0.25) is 0 Å². The Hall–Kier alpha value is -3.10. The smallest absolute Gasteiger partial charge is 0.0468 e. The van der Waals surface area contributed by atoms with Crippen LogP contribution in [0, 0.1) is 35.5 Å². The average Bonchev–Trinajstić information content (AvgIpc) is 3.42. The molecule has 46 heavy (non-hydrogen) atoms. The lowest BCUT2D eigenvalue weighted by Crippen LogP contribution is -2.48. The van der Waals surface area contributed by atoms with Crippen molar-refractivity contribution in [1.29, 1.82) is 0 Å². The van der Waals surface area contributed by atoms with Gasteiger partial charge >= 0.3 is 0 Å². The van der Waals surface area contributed by atoms with Gasteiger partial charge in [0.1, 0.15) is 0 Å². The first-order valence-corrected chi connectivity index (χ1v) is 19.3. The van der Waals surface area contributed by atoms with Crippen molar-refractivity contribution in [2.75, 3.05) is 4.90 Å². The zero-order valence-electron chi connectivity index (χ0n) is 27.0. The SMILES string of the molecule is c1ccc2c(c1)sc1ccc(N(c3ccc(C45CC6CC(CC(C6)C4)C5)cc3)c3ccc(C45CC6CC(CC(C6)C4)C5)cc3)cc12. The number of benzene rings is 4. The summed E-state index contributed by atoms with van der Waals surface area (Å²) in [5.74, 6) is 5.84. The molecule has 1 aromatic heterocycles. The topological polar surface area (TPSA) is 3.24 Å². The number of rotatable bonds is 5. The van der Waals surface area contributed by atoms with Crippen molar-refractivity contribution in [3.63, 3.8) is 0 Å². The minimum Gasteiger partial charge on any atom is -0.310 e. The molecule has 8 bridgehead atoms. The van der Waals surface area contributed by atoms with Crippen LogP contribution >= 0.6 is 11.3 Å². The maximum atomic E-state index is 2.54. The molecule has 0 saturated heterocycles. The van der Waals surface area contributed by atoms with Crippen LogP contribution in [0.2, 0.25) is 0 Å². The van der Waals surface area contributed by atoms with E-state index in [1.807, 2.05) is 11.3 Å². The van der Waals surface area contributed by atoms with Gasteiger partial charge in [0.2, 0.25) is 0 Å². The molecule has 0 spiro atoms. The molecule has 8 aliphatic rings. The molecular weight excluding hydrogens is 575 g/mol. The maximum Gasteiger partial charge on any atom is 0.0468 e. The Morgan fingerprint density at radius 1 is 0.435 bits per heavy atom. The number of anilines is 3. The van der Waals surface area contributed by atoms with E-state index in [0.717, 1.165) is 35.5 Å². The summed E-state index contributed by atoms with van der Waals surface area (Å²) in [4.78, 5) is 2.54. The number of hydrogen-bond donors (Lipinski definition) is 0. The van der Waals surface area contributed by atoms with Gasteiger partial charge in [0.25, 0.3) is 0 Å². The Morgan fingerprint density at radius 2 is 0.848 bits per heavy atom. The number of thiophene rings is 1. The highest BCUT2D eigenvalue weighted by Gasteiger charge is 2.52. The van der Waals surface area contributed by atoms with Gasteiger partial charge in [0.15, 0.2) is 0 Å². The second-order valence-electron chi connectivity index (χ2n) is 17.1. The van der Waals surface area contributed by atoms with Crippen LogP contribution < -0.4 is 4.90 Å². The first-order chi connectivity index (χ1) is 22.6. The van der Waals surface area contributed by atoms with Crippen LogP contribution in [0.5, 0.6) is 0 Å². The number of fused-ring (bicyclic) bond motifs is 3. The van der Waals surface area contributed by atoms with Gasteiger partial charge in [-0.05, 0) is 183 Å². The third-order valence-electron chi connectivity index (χ3n) is 14.2. The molecule has 0 unspecified atom stereocenters. The van der Waals surface area contributed by atoms with Gasteiger partial charge in [-0.1, -0.05) is 42.5 Å². The van der Waals surface area contributed by atoms with E-state index >= 15 is 0 Å². The van der Waals surface area contributed by atoms with Gasteiger partial charge in [-0.2, -0.15) is 0 Å². The highest BCUT2D eigenvalue weighted by atomic mass is 32.1. The molecule has 0 aliphatic heterocycles. The molecule has 13 rings (SSSR count). The molecule has 0 atom stereocenters. The Morgan fingerprint density at radius 3 is 1.33 bits per heavy atom. The summed E-state index contributed by atoms with van der Waals surface area (Å²) >= 11 is 1.91. The monoisotopic (exact) mass is 619 g/mol. The lowest BCUT2D eigenvalue weighted by atomic mass is 9.48. The summed E-state index contributed by atoms with van der Waals surface area (Å²) in [5, 5.41) is 2.75. The lowest BCUT2D eigenvalue weighted by molar-refractivity contribution is -0.00529. The molecule has 0 N–H and O–H groups in total. The molecule has 0 radical (unpaired) electrons. The molecule has 1 nitrogen and oxygen atoms in total. The van der Waals surface area contributed by atoms with Crippen LogP contribution in [0.3, 0.4) is 0 Å². The van der Waals surface area contributed by atoms with Crippen LogP contribution in [0.1, 0.15) is 88.2 Å². The zero-order chi connectivity index (χ0) is 30.0. The normalized spacial score (nSPS) is 35.4. The fourth-order valence-electron chi connectivity index (χ4n) is 13.2. The molecule has 232 valence electrons. The van der Waals surface area contributed by atoms with E-state index in [4.69, 9.17) is 0 Å². The van der Waals surface area contributed by atoms with Crippen LogP contribution in [-0.4, -0.2) is 0 Å². The van der Waals surface area contributed by atoms with Gasteiger partial charge in [0, 0.05) is 37.2 Å². The van der Waals surface area contributed by atoms with Crippen molar-refractivity contribution in [1.82, 2.24) is 0 Å². The van der Waals surface area contributed by atoms with Gasteiger partial charge in [-0.15, -0.1) is 11.3 Å². The first-order valence-electron chi connectivity index (χ1n) is 18.5. The standard InChI is InChI=1S/C44H45NS/c1-2-4-41-39(3-1)40-21-38(13-14-42(40)46-41)45(36-9-5-34(6-10-36)43-22-28-15-29(23-43)17-30(16-28)24-43)37-11-7-35(8-12-37)44-25-31-18-32(26-44)20-33(19-31)27-44/h1-14,21,28-33H,15-20,22-27H2. The second-order valence-corrected chi connectivity index (χ2v) is 18.2. The van der Waals surface area contributed by atoms with Crippen LogP contribution in [0.4, 0.5) is 17.1 Å². The van der Waals surface area contributed by atoms with E-state index in [9.17, 15) is 0 Å². The summed E-state index contributed by atoms with van der Waals surface area (Å²) in [6.07, 6.45) is 17.6. The molecule has 1 heterocycles. The van der Waals surface area contributed by atoms with Crippen molar-refractivity contribution in [2.45, 2.75) is 87.9 Å². The summed E-state index contributed by atoms with van der Waals surface area (Å²) in [7, 11) is 0. The highest BCUT2D eigenvalue weighted by Crippen LogP contribution is 2.62. The maximum absolute atomic E-state index is 2.54. The molecule has 4 aromatic carbocycles. The van der Waals surface area contributed by atoms with E-state index in [-0.39, 0.29) is 0 Å². The number of hydrogen-bond acceptors (Lipinski definition) is 2. The van der Waals surface area contributed by atoms with Gasteiger partial charge in [-0.25, -0.2) is 0 Å². The minimum absolute atomic E-state index is 0.437. The third kappa shape index (κ3) is 4.04. The predicted molar refractivity (Wildman–Crippen MR) is 194 cm³/mol. The first kappa shape index (κ1) is 26.9. The van der Waals surface area contributed by atoms with Crippen molar-refractivity contribution >= 4 is 48.6 Å². The Balaban J connectivity index is 0.997. The van der Waals surface area contributed by atoms with Crippen molar-refractivity contribution in [3.05, 3.63) is 102 Å². The quantitative estimate of drug-likeness (QED) is 0.189. The summed E-state index contributed by atoms with van der Waals surface area (Å²) < 4.78 is 2.75. The zero-order valence-corrected chi connectivity index (χ0v) is 27.8. The fourth-order valence-corrected chi connectivity index (χ4v) is 14.2. The lowest BCUT2D eigenvalue weighted by Gasteiger charge is -2.57. The average molecular weight is 620 g/mol. The van der Waals surface area contributed by atoms with Crippen molar-refractivity contribution < 1.29 is 0 Å². The van der Waals surface area contributed by atoms with Crippen LogP contribution in [0.15, 0.2) is 91.0 Å². The number of nitrogens with zero attached hydrogens (tertiary/aromatic N) is 1. The molecule has 8 aliphatic carbocycles. The summed E-state index contributed by atoms with van der Waals surface area (Å²) in [6, 6.07) is 36.0. The predicted octanol–water partition coefficient (Wildman–Crippen LogP) is 12.5. The Labute approximate surface area is 278 Å². The Kier molecular flexibility index (Phi) is 5.69. The van der Waals surface area contributed by atoms with E-state index < -0.39 is 0 Å². The van der Waals surface area contributed by atoms with Gasteiger partial charge < -0.3 is 4.90 Å². The second kappa shape index (κ2) is 9.72. The van der Waals surface area contributed by atoms with Gasteiger partial charge in [0.05, 0.1) is 0 Å². The van der Waals surface area contributed by atoms with Crippen molar-refractivity contribution in [2.24, 2.45) is 35.5 Å².